The van der Waals surface area contributed by atoms with E-state index in [1.54, 1.807) is 6.07 Å². The van der Waals surface area contributed by atoms with Crippen LogP contribution in [0, 0.1) is 10.1 Å². The number of hydrogen-bond acceptors (Lipinski definition) is 5. The molecule has 0 radical (unpaired) electrons. The summed E-state index contributed by atoms with van der Waals surface area (Å²) in [5, 5.41) is 14.2. The van der Waals surface area contributed by atoms with Crippen molar-refractivity contribution in [1.29, 1.82) is 0 Å². The van der Waals surface area contributed by atoms with Crippen LogP contribution in [0.5, 0.6) is 0 Å². The van der Waals surface area contributed by atoms with Crippen molar-refractivity contribution in [3.8, 4) is 0 Å². The van der Waals surface area contributed by atoms with Gasteiger partial charge in [-0.2, -0.15) is 0 Å². The highest BCUT2D eigenvalue weighted by Gasteiger charge is 2.31. The fourth-order valence-corrected chi connectivity index (χ4v) is 5.56. The maximum absolute atomic E-state index is 13.1. The highest BCUT2D eigenvalue weighted by Crippen LogP contribution is 2.20. The standard InChI is InChI=1S/C25H46N2O5Si2/c1-8-9-10-11-12-13-14-18-24(32-34(5,6)7)23(20-31-33(2,3)4)26-25(28)21-16-15-17-22(19-21)27(29)30/h15-17,19,23-24H,8-14,18,20H2,1-7H3,(H,26,28). The topological polar surface area (TPSA) is 90.7 Å². The lowest BCUT2D eigenvalue weighted by atomic mass is 10.0. The first-order chi connectivity index (χ1) is 15.8. The predicted molar refractivity (Wildman–Crippen MR) is 144 cm³/mol. The molecule has 0 saturated carbocycles. The normalized spacial score (nSPS) is 14.0. The smallest absolute Gasteiger partial charge is 0.270 e. The lowest BCUT2D eigenvalue weighted by Gasteiger charge is -2.34. The summed E-state index contributed by atoms with van der Waals surface area (Å²) in [6, 6.07) is 5.53. The van der Waals surface area contributed by atoms with Crippen LogP contribution >= 0.6 is 0 Å². The van der Waals surface area contributed by atoms with Gasteiger partial charge in [-0.15, -0.1) is 0 Å². The van der Waals surface area contributed by atoms with E-state index < -0.39 is 21.6 Å². The Morgan fingerprint density at radius 1 is 1.00 bits per heavy atom. The molecule has 0 aromatic heterocycles. The number of nitrogens with zero attached hydrogens (tertiary/aromatic N) is 1. The number of benzene rings is 1. The Bertz CT molecular complexity index is 762. The van der Waals surface area contributed by atoms with Gasteiger partial charge in [0.2, 0.25) is 0 Å². The van der Waals surface area contributed by atoms with Gasteiger partial charge in [-0.25, -0.2) is 0 Å². The second kappa shape index (κ2) is 14.8. The molecular formula is C25H46N2O5Si2. The van der Waals surface area contributed by atoms with Crippen molar-refractivity contribution in [2.45, 2.75) is 110 Å². The van der Waals surface area contributed by atoms with Crippen LogP contribution in [-0.4, -0.2) is 46.2 Å². The minimum atomic E-state index is -1.88. The van der Waals surface area contributed by atoms with Crippen LogP contribution in [0.1, 0.15) is 68.6 Å². The molecule has 0 aliphatic rings. The first kappa shape index (κ1) is 30.5. The van der Waals surface area contributed by atoms with Gasteiger partial charge in [-0.05, 0) is 51.8 Å². The van der Waals surface area contributed by atoms with Gasteiger partial charge in [0.05, 0.1) is 23.7 Å². The molecule has 2 atom stereocenters. The highest BCUT2D eigenvalue weighted by molar-refractivity contribution is 6.70. The fourth-order valence-electron chi connectivity index (χ4n) is 3.69. The largest absolute Gasteiger partial charge is 0.415 e. The van der Waals surface area contributed by atoms with E-state index in [0.29, 0.717) is 6.61 Å². The second-order valence-corrected chi connectivity index (χ2v) is 20.0. The fraction of sp³-hybridized carbons (Fsp3) is 0.720. The van der Waals surface area contributed by atoms with Crippen molar-refractivity contribution in [2.75, 3.05) is 6.61 Å². The van der Waals surface area contributed by atoms with Crippen molar-refractivity contribution in [1.82, 2.24) is 5.32 Å². The molecule has 0 heterocycles. The quantitative estimate of drug-likeness (QED) is 0.106. The first-order valence-electron chi connectivity index (χ1n) is 12.7. The summed E-state index contributed by atoms with van der Waals surface area (Å²) in [5.74, 6) is -0.336. The van der Waals surface area contributed by atoms with Crippen LogP contribution in [0.4, 0.5) is 5.69 Å². The number of amides is 1. The van der Waals surface area contributed by atoms with Crippen LogP contribution in [-0.2, 0) is 8.85 Å². The number of non-ortho nitro benzene ring substituents is 1. The summed E-state index contributed by atoms with van der Waals surface area (Å²) in [6.07, 6.45) is 9.20. The van der Waals surface area contributed by atoms with Gasteiger partial charge < -0.3 is 14.2 Å². The third kappa shape index (κ3) is 13.4. The lowest BCUT2D eigenvalue weighted by molar-refractivity contribution is -0.384. The van der Waals surface area contributed by atoms with Gasteiger partial charge in [0.25, 0.3) is 11.6 Å². The number of rotatable bonds is 17. The molecule has 0 saturated heterocycles. The van der Waals surface area contributed by atoms with Gasteiger partial charge in [-0.3, -0.25) is 14.9 Å². The maximum Gasteiger partial charge on any atom is 0.270 e. The molecule has 1 rings (SSSR count). The van der Waals surface area contributed by atoms with Crippen LogP contribution < -0.4 is 5.32 Å². The zero-order valence-electron chi connectivity index (χ0n) is 22.3. The van der Waals surface area contributed by atoms with Gasteiger partial charge in [0.15, 0.2) is 16.6 Å². The molecule has 1 aromatic rings. The van der Waals surface area contributed by atoms with E-state index in [-0.39, 0.29) is 29.3 Å². The summed E-state index contributed by atoms with van der Waals surface area (Å²) in [7, 11) is -3.70. The molecule has 9 heteroatoms. The molecule has 1 N–H and O–H groups in total. The molecule has 0 bridgehead atoms. The van der Waals surface area contributed by atoms with Gasteiger partial charge in [0, 0.05) is 17.7 Å². The number of nitrogens with one attached hydrogen (secondary N) is 1. The number of hydrogen-bond donors (Lipinski definition) is 1. The van der Waals surface area contributed by atoms with Crippen LogP contribution in [0.3, 0.4) is 0 Å². The minimum Gasteiger partial charge on any atom is -0.415 e. The van der Waals surface area contributed by atoms with Gasteiger partial charge in [0.1, 0.15) is 0 Å². The van der Waals surface area contributed by atoms with E-state index in [1.807, 2.05) is 0 Å². The van der Waals surface area contributed by atoms with E-state index in [9.17, 15) is 14.9 Å². The number of nitro benzene ring substituents is 1. The zero-order chi connectivity index (χ0) is 25.8. The average molecular weight is 511 g/mol. The second-order valence-electron chi connectivity index (χ2n) is 11.0. The molecule has 2 unspecified atom stereocenters. The molecule has 1 aromatic carbocycles. The molecule has 0 aliphatic heterocycles. The Hall–Kier alpha value is -1.56. The molecule has 0 aliphatic carbocycles. The summed E-state index contributed by atoms with van der Waals surface area (Å²) in [5.41, 5.74) is 0.176. The molecule has 7 nitrogen and oxygen atoms in total. The van der Waals surface area contributed by atoms with Crippen molar-refractivity contribution < 1.29 is 18.6 Å². The monoisotopic (exact) mass is 510 g/mol. The Morgan fingerprint density at radius 3 is 2.18 bits per heavy atom. The number of unbranched alkanes of at least 4 members (excludes halogenated alkanes) is 6. The van der Waals surface area contributed by atoms with E-state index in [2.05, 4.69) is 51.5 Å². The van der Waals surface area contributed by atoms with Crippen LogP contribution in [0.15, 0.2) is 24.3 Å². The molecule has 1 amide bonds. The van der Waals surface area contributed by atoms with Crippen molar-refractivity contribution in [2.24, 2.45) is 0 Å². The molecule has 34 heavy (non-hydrogen) atoms. The van der Waals surface area contributed by atoms with Crippen LogP contribution in [0.2, 0.25) is 39.3 Å². The van der Waals surface area contributed by atoms with Crippen molar-refractivity contribution in [3.05, 3.63) is 39.9 Å². The number of nitro groups is 1. The highest BCUT2D eigenvalue weighted by atomic mass is 28.4. The minimum absolute atomic E-state index is 0.0967. The maximum atomic E-state index is 13.1. The predicted octanol–water partition coefficient (Wildman–Crippen LogP) is 6.91. The van der Waals surface area contributed by atoms with Crippen molar-refractivity contribution in [3.63, 3.8) is 0 Å². The third-order valence-corrected chi connectivity index (χ3v) is 7.42. The molecule has 0 fully saturated rings. The van der Waals surface area contributed by atoms with Gasteiger partial charge in [-0.1, -0.05) is 57.9 Å². The molecule has 194 valence electrons. The Morgan fingerprint density at radius 2 is 1.62 bits per heavy atom. The average Bonchev–Trinajstić information content (AvgIpc) is 2.73. The van der Waals surface area contributed by atoms with Crippen molar-refractivity contribution >= 4 is 28.2 Å². The SMILES string of the molecule is CCCCCCCCCC(O[Si](C)(C)C)C(CO[Si](C)(C)C)NC(=O)c1cccc([N+](=O)[O-])c1. The van der Waals surface area contributed by atoms with E-state index in [0.717, 1.165) is 19.3 Å². The Labute approximate surface area is 208 Å². The first-order valence-corrected chi connectivity index (χ1v) is 19.5. The molecular weight excluding hydrogens is 464 g/mol. The Kier molecular flexibility index (Phi) is 13.2. The molecule has 0 spiro atoms. The van der Waals surface area contributed by atoms with E-state index >= 15 is 0 Å². The summed E-state index contributed by atoms with van der Waals surface area (Å²) < 4.78 is 12.8. The zero-order valence-corrected chi connectivity index (χ0v) is 24.3. The third-order valence-electron chi connectivity index (χ3n) is 5.38. The van der Waals surface area contributed by atoms with Crippen LogP contribution in [0.25, 0.3) is 0 Å². The summed E-state index contributed by atoms with van der Waals surface area (Å²) >= 11 is 0. The lowest BCUT2D eigenvalue weighted by Crippen LogP contribution is -2.51. The van der Waals surface area contributed by atoms with Gasteiger partial charge >= 0.3 is 0 Å². The summed E-state index contributed by atoms with van der Waals surface area (Å²) in [4.78, 5) is 23.7. The number of carbonyl (C=O) groups excluding carboxylic acids is 1. The summed E-state index contributed by atoms with van der Waals surface area (Å²) in [6.45, 7) is 15.4. The van der Waals surface area contributed by atoms with E-state index in [4.69, 9.17) is 8.85 Å². The Balaban J connectivity index is 2.97. The number of carbonyl (C=O) groups is 1. The van der Waals surface area contributed by atoms with E-state index in [1.165, 1.54) is 50.3 Å².